The zero-order valence-corrected chi connectivity index (χ0v) is 17.9. The third-order valence-electron chi connectivity index (χ3n) is 6.34. The van der Waals surface area contributed by atoms with Crippen LogP contribution in [0.2, 0.25) is 0 Å². The second-order valence-corrected chi connectivity index (χ2v) is 8.56. The molecule has 2 heterocycles. The highest BCUT2D eigenvalue weighted by molar-refractivity contribution is 6.04. The van der Waals surface area contributed by atoms with Crippen LogP contribution in [-0.4, -0.2) is 47.8 Å². The summed E-state index contributed by atoms with van der Waals surface area (Å²) in [4.78, 5) is 30.1. The number of anilines is 1. The van der Waals surface area contributed by atoms with Crippen molar-refractivity contribution in [3.63, 3.8) is 0 Å². The molecule has 0 aromatic heterocycles. The molecule has 0 saturated carbocycles. The minimum absolute atomic E-state index is 0.00437. The van der Waals surface area contributed by atoms with Gasteiger partial charge in [0.15, 0.2) is 0 Å². The number of carbonyl (C=O) groups is 2. The Morgan fingerprint density at radius 1 is 0.903 bits per heavy atom. The lowest BCUT2D eigenvalue weighted by Crippen LogP contribution is -2.38. The van der Waals surface area contributed by atoms with Crippen molar-refractivity contribution in [1.29, 1.82) is 0 Å². The minimum Gasteiger partial charge on any atom is -0.339 e. The van der Waals surface area contributed by atoms with E-state index < -0.39 is 0 Å². The molecule has 0 spiro atoms. The van der Waals surface area contributed by atoms with Gasteiger partial charge in [0.2, 0.25) is 5.91 Å². The van der Waals surface area contributed by atoms with Gasteiger partial charge in [-0.25, -0.2) is 4.39 Å². The molecule has 164 valence electrons. The van der Waals surface area contributed by atoms with Crippen molar-refractivity contribution in [3.8, 4) is 0 Å². The predicted molar refractivity (Wildman–Crippen MR) is 119 cm³/mol. The third-order valence-corrected chi connectivity index (χ3v) is 6.34. The molecule has 4 rings (SSSR count). The molecule has 2 fully saturated rings. The van der Waals surface area contributed by atoms with E-state index in [9.17, 15) is 14.0 Å². The molecule has 2 aromatic carbocycles. The van der Waals surface area contributed by atoms with Crippen molar-refractivity contribution >= 4 is 17.5 Å². The number of carbonyl (C=O) groups excluding carboxylic acids is 2. The van der Waals surface area contributed by atoms with E-state index in [2.05, 4.69) is 10.2 Å². The van der Waals surface area contributed by atoms with Crippen LogP contribution in [0.5, 0.6) is 0 Å². The van der Waals surface area contributed by atoms with E-state index in [1.165, 1.54) is 18.6 Å². The van der Waals surface area contributed by atoms with Gasteiger partial charge in [-0.05, 0) is 75.0 Å². The predicted octanol–water partition coefficient (Wildman–Crippen LogP) is 4.30. The van der Waals surface area contributed by atoms with E-state index in [0.29, 0.717) is 11.3 Å². The molecule has 0 atom stereocenters. The van der Waals surface area contributed by atoms with Gasteiger partial charge in [0.05, 0.1) is 11.3 Å². The van der Waals surface area contributed by atoms with Gasteiger partial charge < -0.3 is 10.2 Å². The number of hydrogen-bond acceptors (Lipinski definition) is 3. The Bertz CT molecular complexity index is 901. The maximum atomic E-state index is 13.1. The Morgan fingerprint density at radius 3 is 2.29 bits per heavy atom. The first-order valence-corrected chi connectivity index (χ1v) is 11.3. The highest BCUT2D eigenvalue weighted by Crippen LogP contribution is 2.24. The summed E-state index contributed by atoms with van der Waals surface area (Å²) in [6.45, 7) is 3.98. The van der Waals surface area contributed by atoms with Gasteiger partial charge in [0.1, 0.15) is 5.82 Å². The Balaban J connectivity index is 1.33. The molecule has 5 nitrogen and oxygen atoms in total. The topological polar surface area (TPSA) is 52.7 Å². The van der Waals surface area contributed by atoms with E-state index in [4.69, 9.17) is 0 Å². The third kappa shape index (κ3) is 5.50. The Labute approximate surface area is 183 Å². The lowest BCUT2D eigenvalue weighted by Gasteiger charge is -2.31. The summed E-state index contributed by atoms with van der Waals surface area (Å²) < 4.78 is 13.1. The summed E-state index contributed by atoms with van der Waals surface area (Å²) in [6.07, 6.45) is 4.79. The van der Waals surface area contributed by atoms with Gasteiger partial charge in [0, 0.05) is 25.6 Å². The summed E-state index contributed by atoms with van der Waals surface area (Å²) in [5.74, 6) is -0.300. The molecule has 2 saturated heterocycles. The average molecular weight is 424 g/mol. The lowest BCUT2D eigenvalue weighted by atomic mass is 9.95. The summed E-state index contributed by atoms with van der Waals surface area (Å²) in [6, 6.07) is 13.9. The summed E-state index contributed by atoms with van der Waals surface area (Å²) in [5, 5.41) is 3.02. The summed E-state index contributed by atoms with van der Waals surface area (Å²) >= 11 is 0. The van der Waals surface area contributed by atoms with Crippen molar-refractivity contribution in [2.75, 3.05) is 31.5 Å². The smallest absolute Gasteiger partial charge is 0.255 e. The molecule has 2 aliphatic heterocycles. The number of rotatable bonds is 5. The SMILES string of the molecule is O=C(Nc1ccccc1C(=O)N1CCCCC1)C1CCN(Cc2ccc(F)cc2)CC1. The first kappa shape index (κ1) is 21.5. The molecular formula is C25H30FN3O2. The van der Waals surface area contributed by atoms with E-state index in [1.807, 2.05) is 35.2 Å². The van der Waals surface area contributed by atoms with Gasteiger partial charge in [-0.2, -0.15) is 0 Å². The lowest BCUT2D eigenvalue weighted by molar-refractivity contribution is -0.121. The molecule has 6 heteroatoms. The second kappa shape index (κ2) is 10.1. The first-order chi connectivity index (χ1) is 15.1. The van der Waals surface area contributed by atoms with Crippen molar-refractivity contribution in [1.82, 2.24) is 9.80 Å². The zero-order chi connectivity index (χ0) is 21.6. The van der Waals surface area contributed by atoms with Crippen LogP contribution in [0.15, 0.2) is 48.5 Å². The van der Waals surface area contributed by atoms with Crippen molar-refractivity contribution < 1.29 is 14.0 Å². The van der Waals surface area contributed by atoms with Crippen molar-refractivity contribution in [2.45, 2.75) is 38.6 Å². The molecule has 0 unspecified atom stereocenters. The Morgan fingerprint density at radius 2 is 1.58 bits per heavy atom. The number of amides is 2. The highest BCUT2D eigenvalue weighted by Gasteiger charge is 2.27. The number of nitrogens with one attached hydrogen (secondary N) is 1. The van der Waals surface area contributed by atoms with E-state index in [-0.39, 0.29) is 23.5 Å². The van der Waals surface area contributed by atoms with Crippen LogP contribution in [-0.2, 0) is 11.3 Å². The highest BCUT2D eigenvalue weighted by atomic mass is 19.1. The fourth-order valence-electron chi connectivity index (χ4n) is 4.48. The normalized spacial score (nSPS) is 18.0. The standard InChI is InChI=1S/C25H30FN3O2/c26-21-10-8-19(9-11-21)18-28-16-12-20(13-17-28)24(30)27-23-7-3-2-6-22(23)25(31)29-14-4-1-5-15-29/h2-3,6-11,20H,1,4-5,12-18H2,(H,27,30). The fourth-order valence-corrected chi connectivity index (χ4v) is 4.48. The van der Waals surface area contributed by atoms with Gasteiger partial charge in [-0.3, -0.25) is 14.5 Å². The van der Waals surface area contributed by atoms with Gasteiger partial charge in [0.25, 0.3) is 5.91 Å². The molecule has 0 aliphatic carbocycles. The van der Waals surface area contributed by atoms with Crippen LogP contribution in [0.25, 0.3) is 0 Å². The molecule has 2 aromatic rings. The zero-order valence-electron chi connectivity index (χ0n) is 17.9. The molecule has 2 aliphatic rings. The maximum absolute atomic E-state index is 13.1. The first-order valence-electron chi connectivity index (χ1n) is 11.3. The van der Waals surface area contributed by atoms with E-state index >= 15 is 0 Å². The molecule has 0 bridgehead atoms. The van der Waals surface area contributed by atoms with Crippen LogP contribution in [0.3, 0.4) is 0 Å². The fraction of sp³-hybridized carbons (Fsp3) is 0.440. The number of hydrogen-bond donors (Lipinski definition) is 1. The van der Waals surface area contributed by atoms with Crippen LogP contribution in [0.1, 0.15) is 48.0 Å². The van der Waals surface area contributed by atoms with Gasteiger partial charge in [-0.1, -0.05) is 24.3 Å². The van der Waals surface area contributed by atoms with Crippen LogP contribution < -0.4 is 5.32 Å². The molecule has 1 N–H and O–H groups in total. The number of nitrogens with zero attached hydrogens (tertiary/aromatic N) is 2. The quantitative estimate of drug-likeness (QED) is 0.780. The van der Waals surface area contributed by atoms with E-state index in [0.717, 1.165) is 64.0 Å². The Kier molecular flexibility index (Phi) is 6.97. The molecule has 0 radical (unpaired) electrons. The van der Waals surface area contributed by atoms with Crippen LogP contribution in [0.4, 0.5) is 10.1 Å². The molecule has 2 amide bonds. The largest absolute Gasteiger partial charge is 0.339 e. The second-order valence-electron chi connectivity index (χ2n) is 8.56. The maximum Gasteiger partial charge on any atom is 0.255 e. The van der Waals surface area contributed by atoms with Crippen LogP contribution >= 0.6 is 0 Å². The van der Waals surface area contributed by atoms with Crippen molar-refractivity contribution in [3.05, 3.63) is 65.5 Å². The number of likely N-dealkylation sites (tertiary alicyclic amines) is 2. The van der Waals surface area contributed by atoms with Gasteiger partial charge >= 0.3 is 0 Å². The van der Waals surface area contributed by atoms with Gasteiger partial charge in [-0.15, -0.1) is 0 Å². The summed E-state index contributed by atoms with van der Waals surface area (Å²) in [5.41, 5.74) is 2.26. The number of piperidine rings is 2. The van der Waals surface area contributed by atoms with E-state index in [1.54, 1.807) is 6.07 Å². The number of para-hydroxylation sites is 1. The summed E-state index contributed by atoms with van der Waals surface area (Å²) in [7, 11) is 0. The van der Waals surface area contributed by atoms with Crippen molar-refractivity contribution in [2.24, 2.45) is 5.92 Å². The molecular weight excluding hydrogens is 393 g/mol. The minimum atomic E-state index is -0.224. The molecule has 31 heavy (non-hydrogen) atoms. The number of benzene rings is 2. The average Bonchev–Trinajstić information content (AvgIpc) is 2.81. The number of halogens is 1. The Hall–Kier alpha value is -2.73. The van der Waals surface area contributed by atoms with Crippen LogP contribution in [0, 0.1) is 11.7 Å². The monoisotopic (exact) mass is 423 g/mol.